The number of ether oxygens (including phenoxy) is 1. The molecule has 0 aromatic heterocycles. The predicted octanol–water partition coefficient (Wildman–Crippen LogP) is 2.86. The Morgan fingerprint density at radius 1 is 1.10 bits per heavy atom. The zero-order valence-corrected chi connectivity index (χ0v) is 19.3. The fraction of sp³-hybridized carbons (Fsp3) is 0.636. The van der Waals surface area contributed by atoms with E-state index in [1.165, 1.54) is 4.31 Å². The number of carbonyl (C=O) groups is 2. The molecule has 1 N–H and O–H groups in total. The summed E-state index contributed by atoms with van der Waals surface area (Å²) in [5.41, 5.74) is 2.50. The predicted molar refractivity (Wildman–Crippen MR) is 116 cm³/mol. The number of sulfonamides is 1. The van der Waals surface area contributed by atoms with E-state index in [0.717, 1.165) is 36.0 Å². The van der Waals surface area contributed by atoms with Gasteiger partial charge in [0.25, 0.3) is 5.91 Å². The molecule has 1 aromatic rings. The van der Waals surface area contributed by atoms with Crippen molar-refractivity contribution in [2.75, 3.05) is 26.2 Å². The molecule has 0 atom stereocenters. The van der Waals surface area contributed by atoms with Gasteiger partial charge in [-0.2, -0.15) is 4.31 Å². The van der Waals surface area contributed by atoms with E-state index in [1.54, 1.807) is 0 Å². The number of nitrogens with zero attached hydrogens (tertiary/aromatic N) is 1. The van der Waals surface area contributed by atoms with Gasteiger partial charge in [0.1, 0.15) is 0 Å². The lowest BCUT2D eigenvalue weighted by atomic mass is 9.98. The van der Waals surface area contributed by atoms with E-state index in [0.29, 0.717) is 24.3 Å². The molecule has 0 unspecified atom stereocenters. The van der Waals surface area contributed by atoms with Crippen LogP contribution in [-0.2, 0) is 24.3 Å². The standard InChI is InChI=1S/C22H34N2O5S/c1-5-6-7-10-23-20(25)15-29-22(26)19-8-11-24(12-9-19)30(27,28)21-17(3)13-16(2)14-18(21)4/h13-14,19H,5-12,15H2,1-4H3,(H,23,25). The van der Waals surface area contributed by atoms with Crippen LogP contribution in [0.15, 0.2) is 17.0 Å². The van der Waals surface area contributed by atoms with Gasteiger partial charge in [-0.15, -0.1) is 0 Å². The minimum atomic E-state index is -3.61. The first-order valence-electron chi connectivity index (χ1n) is 10.7. The normalized spacial score (nSPS) is 15.7. The van der Waals surface area contributed by atoms with Crippen molar-refractivity contribution in [1.82, 2.24) is 9.62 Å². The van der Waals surface area contributed by atoms with Crippen molar-refractivity contribution < 1.29 is 22.7 Å². The fourth-order valence-corrected chi connectivity index (χ4v) is 5.82. The summed E-state index contributed by atoms with van der Waals surface area (Å²) < 4.78 is 32.9. The molecule has 0 radical (unpaired) electrons. The third-order valence-electron chi connectivity index (χ3n) is 5.44. The molecule has 1 amide bonds. The van der Waals surface area contributed by atoms with Crippen LogP contribution in [0.5, 0.6) is 0 Å². The van der Waals surface area contributed by atoms with Crippen LogP contribution in [-0.4, -0.2) is 50.8 Å². The van der Waals surface area contributed by atoms with Crippen molar-refractivity contribution in [1.29, 1.82) is 0 Å². The smallest absolute Gasteiger partial charge is 0.309 e. The lowest BCUT2D eigenvalue weighted by Gasteiger charge is -2.31. The Bertz CT molecular complexity index is 835. The summed E-state index contributed by atoms with van der Waals surface area (Å²) >= 11 is 0. The van der Waals surface area contributed by atoms with Crippen molar-refractivity contribution >= 4 is 21.9 Å². The maximum Gasteiger partial charge on any atom is 0.309 e. The highest BCUT2D eigenvalue weighted by Gasteiger charge is 2.34. The molecular weight excluding hydrogens is 404 g/mol. The maximum absolute atomic E-state index is 13.1. The number of benzene rings is 1. The van der Waals surface area contributed by atoms with E-state index in [2.05, 4.69) is 12.2 Å². The number of amides is 1. The van der Waals surface area contributed by atoms with Crippen molar-refractivity contribution in [3.05, 3.63) is 28.8 Å². The molecule has 0 saturated carbocycles. The first-order valence-corrected chi connectivity index (χ1v) is 12.1. The van der Waals surface area contributed by atoms with Crippen LogP contribution in [0.2, 0.25) is 0 Å². The summed E-state index contributed by atoms with van der Waals surface area (Å²) in [6, 6.07) is 3.74. The van der Waals surface area contributed by atoms with E-state index in [1.807, 2.05) is 32.9 Å². The second kappa shape index (κ2) is 10.9. The van der Waals surface area contributed by atoms with Crippen LogP contribution >= 0.6 is 0 Å². The topological polar surface area (TPSA) is 92.8 Å². The summed E-state index contributed by atoms with van der Waals surface area (Å²) in [4.78, 5) is 24.4. The fourth-order valence-electron chi connectivity index (χ4n) is 3.94. The highest BCUT2D eigenvalue weighted by molar-refractivity contribution is 7.89. The van der Waals surface area contributed by atoms with Crippen molar-refractivity contribution in [3.63, 3.8) is 0 Å². The van der Waals surface area contributed by atoms with Gasteiger partial charge in [-0.3, -0.25) is 9.59 Å². The first kappa shape index (κ1) is 24.3. The first-order chi connectivity index (χ1) is 14.2. The van der Waals surface area contributed by atoms with Gasteiger partial charge in [-0.1, -0.05) is 37.5 Å². The van der Waals surface area contributed by atoms with Crippen molar-refractivity contribution in [2.24, 2.45) is 5.92 Å². The minimum absolute atomic E-state index is 0.262. The number of nitrogens with one attached hydrogen (secondary N) is 1. The SMILES string of the molecule is CCCCCNC(=O)COC(=O)C1CCN(S(=O)(=O)c2c(C)cc(C)cc2C)CC1. The average Bonchev–Trinajstić information content (AvgIpc) is 2.68. The number of aryl methyl sites for hydroxylation is 3. The number of unbranched alkanes of at least 4 members (excludes halogenated alkanes) is 2. The number of piperidine rings is 1. The lowest BCUT2D eigenvalue weighted by molar-refractivity contribution is -0.153. The number of rotatable bonds is 9. The molecule has 1 aromatic carbocycles. The molecule has 1 aliphatic heterocycles. The van der Waals surface area contributed by atoms with Crippen LogP contribution in [0.4, 0.5) is 0 Å². The molecule has 0 spiro atoms. The monoisotopic (exact) mass is 438 g/mol. The molecule has 0 bridgehead atoms. The quantitative estimate of drug-likeness (QED) is 0.473. The summed E-state index contributed by atoms with van der Waals surface area (Å²) in [6.07, 6.45) is 3.80. The Balaban J connectivity index is 1.87. The lowest BCUT2D eigenvalue weighted by Crippen LogP contribution is -2.41. The minimum Gasteiger partial charge on any atom is -0.455 e. The van der Waals surface area contributed by atoms with E-state index in [4.69, 9.17) is 4.74 Å². The molecule has 1 saturated heterocycles. The summed E-state index contributed by atoms with van der Waals surface area (Å²) in [5, 5.41) is 2.73. The third-order valence-corrected chi connectivity index (χ3v) is 7.64. The Morgan fingerprint density at radius 2 is 1.70 bits per heavy atom. The Morgan fingerprint density at radius 3 is 2.27 bits per heavy atom. The molecule has 168 valence electrons. The molecule has 1 aliphatic rings. The highest BCUT2D eigenvalue weighted by atomic mass is 32.2. The van der Waals surface area contributed by atoms with Gasteiger partial charge in [0.15, 0.2) is 6.61 Å². The summed E-state index contributed by atoms with van der Waals surface area (Å²) in [5.74, 6) is -1.12. The van der Waals surface area contributed by atoms with Gasteiger partial charge < -0.3 is 10.1 Å². The molecule has 1 heterocycles. The van der Waals surface area contributed by atoms with Gasteiger partial charge in [0.05, 0.1) is 10.8 Å². The summed E-state index contributed by atoms with van der Waals surface area (Å²) in [6.45, 7) is 8.47. The van der Waals surface area contributed by atoms with Gasteiger partial charge in [-0.25, -0.2) is 8.42 Å². The molecule has 7 nitrogen and oxygen atoms in total. The number of esters is 1. The number of carbonyl (C=O) groups excluding carboxylic acids is 2. The maximum atomic E-state index is 13.1. The zero-order valence-electron chi connectivity index (χ0n) is 18.5. The zero-order chi connectivity index (χ0) is 22.3. The second-order valence-electron chi connectivity index (χ2n) is 8.07. The molecule has 2 rings (SSSR count). The van der Waals surface area contributed by atoms with Crippen LogP contribution < -0.4 is 5.32 Å². The van der Waals surface area contributed by atoms with Gasteiger partial charge in [-0.05, 0) is 51.2 Å². The molecule has 1 fully saturated rings. The van der Waals surface area contributed by atoms with Crippen molar-refractivity contribution in [2.45, 2.75) is 64.7 Å². The van der Waals surface area contributed by atoms with E-state index < -0.39 is 16.0 Å². The Labute approximate surface area is 180 Å². The Hall–Kier alpha value is -1.93. The molecule has 0 aliphatic carbocycles. The van der Waals surface area contributed by atoms with Crippen molar-refractivity contribution in [3.8, 4) is 0 Å². The van der Waals surface area contributed by atoms with Gasteiger partial charge >= 0.3 is 5.97 Å². The largest absolute Gasteiger partial charge is 0.455 e. The van der Waals surface area contributed by atoms with E-state index in [9.17, 15) is 18.0 Å². The third kappa shape index (κ3) is 6.28. The van der Waals surface area contributed by atoms with Crippen LogP contribution in [0, 0.1) is 26.7 Å². The molecular formula is C22H34N2O5S. The Kier molecular flexibility index (Phi) is 8.85. The summed E-state index contributed by atoms with van der Waals surface area (Å²) in [7, 11) is -3.61. The van der Waals surface area contributed by atoms with Crippen LogP contribution in [0.25, 0.3) is 0 Å². The number of hydrogen-bond donors (Lipinski definition) is 1. The van der Waals surface area contributed by atoms with Gasteiger partial charge in [0, 0.05) is 19.6 Å². The second-order valence-corrected chi connectivity index (χ2v) is 9.95. The highest BCUT2D eigenvalue weighted by Crippen LogP contribution is 2.29. The van der Waals surface area contributed by atoms with Crippen LogP contribution in [0.3, 0.4) is 0 Å². The molecule has 8 heteroatoms. The molecule has 30 heavy (non-hydrogen) atoms. The van der Waals surface area contributed by atoms with Crippen LogP contribution in [0.1, 0.15) is 55.7 Å². The van der Waals surface area contributed by atoms with E-state index in [-0.39, 0.29) is 31.5 Å². The van der Waals surface area contributed by atoms with Gasteiger partial charge in [0.2, 0.25) is 10.0 Å². The average molecular weight is 439 g/mol. The van der Waals surface area contributed by atoms with E-state index >= 15 is 0 Å². The number of hydrogen-bond acceptors (Lipinski definition) is 5.